The Kier molecular flexibility index (Phi) is 6.28. The summed E-state index contributed by atoms with van der Waals surface area (Å²) >= 11 is 0. The van der Waals surface area contributed by atoms with Gasteiger partial charge in [0.15, 0.2) is 0 Å². The quantitative estimate of drug-likeness (QED) is 0.550. The third kappa shape index (κ3) is 5.49. The van der Waals surface area contributed by atoms with E-state index in [1.54, 1.807) is 19.5 Å². The maximum absolute atomic E-state index is 10.7. The Morgan fingerprint density at radius 1 is 1.10 bits per heavy atom. The van der Waals surface area contributed by atoms with E-state index in [4.69, 9.17) is 14.6 Å². The van der Waals surface area contributed by atoms with Gasteiger partial charge in [-0.2, -0.15) is 0 Å². The molecule has 8 nitrogen and oxygen atoms in total. The highest BCUT2D eigenvalue weighted by Crippen LogP contribution is 2.23. The molecule has 1 aliphatic rings. The predicted octanol–water partition coefficient (Wildman–Crippen LogP) is 4.16. The molecule has 2 heterocycles. The first-order valence-corrected chi connectivity index (χ1v) is 10.0. The molecule has 0 aliphatic carbocycles. The summed E-state index contributed by atoms with van der Waals surface area (Å²) in [7, 11) is 1.64. The third-order valence-electron chi connectivity index (χ3n) is 5.19. The van der Waals surface area contributed by atoms with Crippen LogP contribution in [0.2, 0.25) is 0 Å². The molecule has 0 spiro atoms. The molecule has 3 aromatic rings. The van der Waals surface area contributed by atoms with Crippen LogP contribution in [-0.4, -0.2) is 52.4 Å². The Balaban J connectivity index is 1.32. The van der Waals surface area contributed by atoms with E-state index in [0.29, 0.717) is 12.5 Å². The van der Waals surface area contributed by atoms with Crippen LogP contribution in [0.15, 0.2) is 60.9 Å². The fourth-order valence-electron chi connectivity index (χ4n) is 3.59. The summed E-state index contributed by atoms with van der Waals surface area (Å²) in [6, 6.07) is 15.8. The minimum Gasteiger partial charge on any atom is -0.497 e. The lowest BCUT2D eigenvalue weighted by molar-refractivity contribution is 0.0548. The number of ether oxygens (including phenoxy) is 2. The van der Waals surface area contributed by atoms with Gasteiger partial charge in [-0.25, -0.2) is 14.8 Å². The molecular weight excluding hydrogens is 396 g/mol. The van der Waals surface area contributed by atoms with E-state index in [1.165, 1.54) is 0 Å². The molecule has 1 unspecified atom stereocenters. The van der Waals surface area contributed by atoms with Gasteiger partial charge in [0.2, 0.25) is 5.95 Å². The van der Waals surface area contributed by atoms with Gasteiger partial charge in [-0.05, 0) is 41.8 Å². The van der Waals surface area contributed by atoms with E-state index >= 15 is 0 Å². The summed E-state index contributed by atoms with van der Waals surface area (Å²) in [5.41, 5.74) is 4.00. The van der Waals surface area contributed by atoms with Crippen molar-refractivity contribution in [3.8, 4) is 16.9 Å². The van der Waals surface area contributed by atoms with Crippen molar-refractivity contribution < 1.29 is 19.4 Å². The van der Waals surface area contributed by atoms with Crippen molar-refractivity contribution in [3.63, 3.8) is 0 Å². The highest BCUT2D eigenvalue weighted by molar-refractivity contribution is 5.63. The van der Waals surface area contributed by atoms with Crippen LogP contribution in [0.25, 0.3) is 11.1 Å². The molecule has 31 heavy (non-hydrogen) atoms. The zero-order chi connectivity index (χ0) is 21.6. The first-order valence-electron chi connectivity index (χ1n) is 10.0. The molecule has 1 aromatic heterocycles. The minimum absolute atomic E-state index is 0.239. The lowest BCUT2D eigenvalue weighted by Gasteiger charge is -2.16. The molecular formula is C23H24N4O4. The lowest BCUT2D eigenvalue weighted by Crippen LogP contribution is -2.24. The molecule has 1 fully saturated rings. The number of carbonyl (C=O) groups is 1. The number of anilines is 2. The Labute approximate surface area is 180 Å². The smallest absolute Gasteiger partial charge is 0.497 e. The van der Waals surface area contributed by atoms with Crippen molar-refractivity contribution in [2.75, 3.05) is 25.5 Å². The first-order chi connectivity index (χ1) is 15.1. The molecule has 0 saturated carbocycles. The molecule has 1 aliphatic heterocycles. The Bertz CT molecular complexity index is 1010. The van der Waals surface area contributed by atoms with E-state index in [0.717, 1.165) is 47.6 Å². The summed E-state index contributed by atoms with van der Waals surface area (Å²) in [6.07, 6.45) is 2.86. The van der Waals surface area contributed by atoms with Crippen molar-refractivity contribution in [1.82, 2.24) is 14.9 Å². The number of hydrogen-bond donors (Lipinski definition) is 2. The molecule has 2 N–H and O–H groups in total. The normalized spacial score (nSPS) is 16.1. The van der Waals surface area contributed by atoms with E-state index in [1.807, 2.05) is 48.5 Å². The lowest BCUT2D eigenvalue weighted by atomic mass is 10.1. The second kappa shape index (κ2) is 9.44. The van der Waals surface area contributed by atoms with Gasteiger partial charge in [0.25, 0.3) is 0 Å². The number of aromatic nitrogens is 2. The van der Waals surface area contributed by atoms with Gasteiger partial charge in [-0.1, -0.05) is 24.3 Å². The van der Waals surface area contributed by atoms with Crippen LogP contribution in [0.3, 0.4) is 0 Å². The van der Waals surface area contributed by atoms with E-state index in [2.05, 4.69) is 20.2 Å². The molecule has 4 rings (SSSR count). The van der Waals surface area contributed by atoms with Gasteiger partial charge in [0, 0.05) is 43.3 Å². The summed E-state index contributed by atoms with van der Waals surface area (Å²) in [5, 5.41) is 11.9. The van der Waals surface area contributed by atoms with E-state index in [-0.39, 0.29) is 6.10 Å². The zero-order valence-corrected chi connectivity index (χ0v) is 17.2. The molecule has 1 saturated heterocycles. The summed E-state index contributed by atoms with van der Waals surface area (Å²) in [5.74, 6) is 1.34. The molecule has 2 aromatic carbocycles. The number of hydrogen-bond acceptors (Lipinski definition) is 7. The average molecular weight is 420 g/mol. The van der Waals surface area contributed by atoms with Crippen molar-refractivity contribution in [1.29, 1.82) is 0 Å². The molecule has 0 radical (unpaired) electrons. The van der Waals surface area contributed by atoms with Gasteiger partial charge >= 0.3 is 6.16 Å². The van der Waals surface area contributed by atoms with E-state index in [9.17, 15) is 4.79 Å². The van der Waals surface area contributed by atoms with Crippen molar-refractivity contribution in [2.24, 2.45) is 0 Å². The Morgan fingerprint density at radius 3 is 2.45 bits per heavy atom. The van der Waals surface area contributed by atoms with Crippen LogP contribution < -0.4 is 10.1 Å². The maximum atomic E-state index is 10.7. The van der Waals surface area contributed by atoms with Crippen LogP contribution in [0, 0.1) is 0 Å². The third-order valence-corrected chi connectivity index (χ3v) is 5.19. The Hall–Kier alpha value is -3.65. The number of benzene rings is 2. The van der Waals surface area contributed by atoms with Crippen molar-refractivity contribution in [3.05, 3.63) is 66.5 Å². The molecule has 0 amide bonds. The number of carboxylic acid groups (broad SMARTS) is 1. The summed E-state index contributed by atoms with van der Waals surface area (Å²) in [4.78, 5) is 21.7. The monoisotopic (exact) mass is 420 g/mol. The van der Waals surface area contributed by atoms with Gasteiger partial charge in [0.05, 0.1) is 7.11 Å². The topological polar surface area (TPSA) is 96.8 Å². The number of likely N-dealkylation sites (tertiary alicyclic amines) is 1. The maximum Gasteiger partial charge on any atom is 0.506 e. The molecule has 0 bridgehead atoms. The highest BCUT2D eigenvalue weighted by Gasteiger charge is 2.25. The largest absolute Gasteiger partial charge is 0.506 e. The van der Waals surface area contributed by atoms with Gasteiger partial charge < -0.3 is 19.9 Å². The van der Waals surface area contributed by atoms with Crippen LogP contribution in [-0.2, 0) is 11.3 Å². The number of nitrogens with zero attached hydrogens (tertiary/aromatic N) is 3. The summed E-state index contributed by atoms with van der Waals surface area (Å²) < 4.78 is 10.0. The Morgan fingerprint density at radius 2 is 1.81 bits per heavy atom. The highest BCUT2D eigenvalue weighted by atomic mass is 16.7. The number of nitrogens with one attached hydrogen (secondary N) is 1. The van der Waals surface area contributed by atoms with E-state index < -0.39 is 6.16 Å². The second-order valence-corrected chi connectivity index (χ2v) is 7.38. The fraction of sp³-hybridized carbons (Fsp3) is 0.261. The van der Waals surface area contributed by atoms with Crippen molar-refractivity contribution >= 4 is 17.8 Å². The minimum atomic E-state index is -1.21. The average Bonchev–Trinajstić information content (AvgIpc) is 3.22. The SMILES string of the molecule is COc1ccc(-c2cnc(Nc3ccc(CN4CCC(OC(=O)O)C4)cc3)nc2)cc1. The van der Waals surface area contributed by atoms with Gasteiger partial charge in [0.1, 0.15) is 11.9 Å². The van der Waals surface area contributed by atoms with Crippen LogP contribution in [0.5, 0.6) is 5.75 Å². The van der Waals surface area contributed by atoms with Gasteiger partial charge in [-0.15, -0.1) is 0 Å². The van der Waals surface area contributed by atoms with Crippen LogP contribution >= 0.6 is 0 Å². The first kappa shape index (κ1) is 20.6. The molecule has 160 valence electrons. The fourth-order valence-corrected chi connectivity index (χ4v) is 3.59. The standard InChI is InChI=1S/C23H24N4O4/c1-30-20-8-4-17(5-9-20)18-12-24-22(25-13-18)26-19-6-2-16(3-7-19)14-27-11-10-21(15-27)31-23(28)29/h2-9,12-13,21H,10-11,14-15H2,1H3,(H,28,29)(H,24,25,26). The van der Waals surface area contributed by atoms with Crippen molar-refractivity contribution in [2.45, 2.75) is 19.1 Å². The van der Waals surface area contributed by atoms with Crippen LogP contribution in [0.4, 0.5) is 16.4 Å². The van der Waals surface area contributed by atoms with Gasteiger partial charge in [-0.3, -0.25) is 4.90 Å². The van der Waals surface area contributed by atoms with Crippen LogP contribution in [0.1, 0.15) is 12.0 Å². The number of methoxy groups -OCH3 is 1. The zero-order valence-electron chi connectivity index (χ0n) is 17.2. The number of rotatable bonds is 7. The summed E-state index contributed by atoms with van der Waals surface area (Å²) in [6.45, 7) is 2.21. The second-order valence-electron chi connectivity index (χ2n) is 7.38. The predicted molar refractivity (Wildman–Crippen MR) is 117 cm³/mol. The molecule has 8 heteroatoms. The molecule has 1 atom stereocenters.